The third-order valence-electron chi connectivity index (χ3n) is 9.98. The molecule has 0 aliphatic carbocycles. The molecular weight excluding hydrogens is 580 g/mol. The lowest BCUT2D eigenvalue weighted by molar-refractivity contribution is -0.347. The van der Waals surface area contributed by atoms with Gasteiger partial charge < -0.3 is 44.8 Å². The molecule has 2 fully saturated rings. The van der Waals surface area contributed by atoms with Crippen LogP contribution in [0, 0.1) is 35.5 Å². The van der Waals surface area contributed by atoms with Crippen molar-refractivity contribution in [1.82, 2.24) is 0 Å². The average Bonchev–Trinajstić information content (AvgIpc) is 3.69. The standard InChI is InChI=1S/C35H58O10/c1-19(2)16-26-27-11-9-10-25(37)14-12-20(3)13-15-28(43-33(41)24(7)35(42,44-27)31(40)30(26)39)34(8)32(45-34)22(5)17-21(4)29(38)23(6)18-36/h9,11-12,14,17,19-21,23-32,36-40,42H,10,13,15-16,18H2,1-8H3. The van der Waals surface area contributed by atoms with Gasteiger partial charge in [0.2, 0.25) is 5.79 Å². The Bertz CT molecular complexity index is 1070. The second kappa shape index (κ2) is 15.5. The van der Waals surface area contributed by atoms with Gasteiger partial charge in [0, 0.05) is 24.4 Å². The Morgan fingerprint density at radius 3 is 2.36 bits per heavy atom. The zero-order valence-corrected chi connectivity index (χ0v) is 28.2. The van der Waals surface area contributed by atoms with Gasteiger partial charge in [-0.1, -0.05) is 65.0 Å². The minimum Gasteiger partial charge on any atom is -0.459 e. The third kappa shape index (κ3) is 8.84. The summed E-state index contributed by atoms with van der Waals surface area (Å²) in [6.45, 7) is 14.7. The van der Waals surface area contributed by atoms with E-state index in [1.807, 2.05) is 53.7 Å². The van der Waals surface area contributed by atoms with Crippen molar-refractivity contribution in [2.75, 3.05) is 6.61 Å². The summed E-state index contributed by atoms with van der Waals surface area (Å²) in [5, 5.41) is 64.6. The Balaban J connectivity index is 1.93. The number of rotatable bonds is 8. The molecule has 0 amide bonds. The van der Waals surface area contributed by atoms with Crippen LogP contribution in [-0.2, 0) is 19.0 Å². The average molecular weight is 639 g/mol. The number of hydrogen-bond acceptors (Lipinski definition) is 10. The fourth-order valence-electron chi connectivity index (χ4n) is 6.78. The molecule has 0 aromatic heterocycles. The molecule has 45 heavy (non-hydrogen) atoms. The number of allylic oxidation sites excluding steroid dienone is 1. The van der Waals surface area contributed by atoms with Crippen molar-refractivity contribution in [1.29, 1.82) is 0 Å². The number of fused-ring (bicyclic) bond motifs is 2. The van der Waals surface area contributed by atoms with Gasteiger partial charge in [0.25, 0.3) is 0 Å². The van der Waals surface area contributed by atoms with E-state index < -0.39 is 71.9 Å². The van der Waals surface area contributed by atoms with Crippen LogP contribution in [-0.4, -0.2) is 97.3 Å². The molecule has 0 saturated carbocycles. The van der Waals surface area contributed by atoms with Crippen LogP contribution in [0.4, 0.5) is 0 Å². The van der Waals surface area contributed by atoms with E-state index in [2.05, 4.69) is 0 Å². The number of hydrogen-bond donors (Lipinski definition) is 6. The van der Waals surface area contributed by atoms with Gasteiger partial charge in [-0.15, -0.1) is 0 Å². The molecule has 3 aliphatic heterocycles. The van der Waals surface area contributed by atoms with Crippen molar-refractivity contribution in [2.24, 2.45) is 35.5 Å². The number of carbonyl (C=O) groups is 1. The maximum absolute atomic E-state index is 13.7. The quantitative estimate of drug-likeness (QED) is 0.132. The summed E-state index contributed by atoms with van der Waals surface area (Å²) in [5.41, 5.74) is -0.0283. The fourth-order valence-corrected chi connectivity index (χ4v) is 6.78. The van der Waals surface area contributed by atoms with Crippen LogP contribution in [0.25, 0.3) is 0 Å². The molecule has 3 aliphatic rings. The number of aliphatic hydroxyl groups excluding tert-OH is 5. The van der Waals surface area contributed by atoms with E-state index in [1.54, 1.807) is 25.2 Å². The molecule has 2 bridgehead atoms. The predicted molar refractivity (Wildman–Crippen MR) is 170 cm³/mol. The van der Waals surface area contributed by atoms with Gasteiger partial charge >= 0.3 is 5.97 Å². The lowest BCUT2D eigenvalue weighted by Crippen LogP contribution is -2.66. The Kier molecular flexibility index (Phi) is 13.0. The maximum Gasteiger partial charge on any atom is 0.314 e. The van der Waals surface area contributed by atoms with Crippen molar-refractivity contribution < 1.29 is 49.6 Å². The predicted octanol–water partition coefficient (Wildman–Crippen LogP) is 3.03. The first kappa shape index (κ1) is 37.8. The molecule has 3 rings (SSSR count). The Morgan fingerprint density at radius 1 is 1.07 bits per heavy atom. The van der Waals surface area contributed by atoms with E-state index in [-0.39, 0.29) is 36.7 Å². The van der Waals surface area contributed by atoms with Crippen molar-refractivity contribution in [3.05, 3.63) is 36.0 Å². The molecule has 6 N–H and O–H groups in total. The Hall–Kier alpha value is -1.63. The van der Waals surface area contributed by atoms with Gasteiger partial charge in [0.05, 0.1) is 24.4 Å². The van der Waals surface area contributed by atoms with Gasteiger partial charge in [-0.3, -0.25) is 4.79 Å². The smallest absolute Gasteiger partial charge is 0.314 e. The number of esters is 1. The van der Waals surface area contributed by atoms with E-state index in [9.17, 15) is 35.4 Å². The molecule has 0 spiro atoms. The zero-order chi connectivity index (χ0) is 33.9. The summed E-state index contributed by atoms with van der Waals surface area (Å²) < 4.78 is 18.3. The molecule has 0 radical (unpaired) electrons. The number of cyclic esters (lactones) is 1. The molecule has 14 unspecified atom stereocenters. The van der Waals surface area contributed by atoms with Crippen molar-refractivity contribution in [3.8, 4) is 0 Å². The molecule has 3 heterocycles. The van der Waals surface area contributed by atoms with Gasteiger partial charge in [-0.05, 0) is 63.9 Å². The number of aliphatic hydroxyl groups is 6. The van der Waals surface area contributed by atoms with Crippen LogP contribution in [0.15, 0.2) is 36.0 Å². The summed E-state index contributed by atoms with van der Waals surface area (Å²) >= 11 is 0. The van der Waals surface area contributed by atoms with Gasteiger partial charge in [0.1, 0.15) is 29.8 Å². The molecule has 14 atom stereocenters. The zero-order valence-electron chi connectivity index (χ0n) is 28.2. The molecule has 0 aromatic rings. The van der Waals surface area contributed by atoms with E-state index in [0.29, 0.717) is 19.3 Å². The third-order valence-corrected chi connectivity index (χ3v) is 9.98. The van der Waals surface area contributed by atoms with E-state index >= 15 is 0 Å². The lowest BCUT2D eigenvalue weighted by Gasteiger charge is -2.49. The number of epoxide rings is 1. The molecular formula is C35H58O10. The monoisotopic (exact) mass is 638 g/mol. The number of ether oxygens (including phenoxy) is 3. The van der Waals surface area contributed by atoms with Crippen LogP contribution in [0.5, 0.6) is 0 Å². The van der Waals surface area contributed by atoms with E-state index in [0.717, 1.165) is 5.57 Å². The molecule has 10 nitrogen and oxygen atoms in total. The highest BCUT2D eigenvalue weighted by Gasteiger charge is 2.62. The Labute approximate surface area is 268 Å². The summed E-state index contributed by atoms with van der Waals surface area (Å²) in [5.74, 6) is -5.45. The first-order valence-electron chi connectivity index (χ1n) is 16.6. The van der Waals surface area contributed by atoms with Crippen molar-refractivity contribution in [3.63, 3.8) is 0 Å². The lowest BCUT2D eigenvalue weighted by atomic mass is 9.77. The van der Waals surface area contributed by atoms with E-state index in [1.165, 1.54) is 6.92 Å². The van der Waals surface area contributed by atoms with Crippen molar-refractivity contribution >= 4 is 5.97 Å². The van der Waals surface area contributed by atoms with Crippen LogP contribution in [0.3, 0.4) is 0 Å². The summed E-state index contributed by atoms with van der Waals surface area (Å²) in [6.07, 6.45) is 4.25. The van der Waals surface area contributed by atoms with Gasteiger partial charge in [-0.2, -0.15) is 0 Å². The molecule has 258 valence electrons. The van der Waals surface area contributed by atoms with Crippen LogP contribution in [0.2, 0.25) is 0 Å². The van der Waals surface area contributed by atoms with Crippen LogP contribution >= 0.6 is 0 Å². The number of carbonyl (C=O) groups excluding carboxylic acids is 1. The first-order valence-corrected chi connectivity index (χ1v) is 16.6. The second-order valence-corrected chi connectivity index (χ2v) is 14.5. The van der Waals surface area contributed by atoms with E-state index in [4.69, 9.17) is 14.2 Å². The van der Waals surface area contributed by atoms with Crippen LogP contribution < -0.4 is 0 Å². The highest BCUT2D eigenvalue weighted by Crippen LogP contribution is 2.48. The van der Waals surface area contributed by atoms with Gasteiger partial charge in [-0.25, -0.2) is 0 Å². The van der Waals surface area contributed by atoms with Gasteiger partial charge in [0.15, 0.2) is 0 Å². The Morgan fingerprint density at radius 2 is 1.73 bits per heavy atom. The normalized spacial score (nSPS) is 42.2. The summed E-state index contributed by atoms with van der Waals surface area (Å²) in [6, 6.07) is 0. The molecule has 10 heteroatoms. The summed E-state index contributed by atoms with van der Waals surface area (Å²) in [4.78, 5) is 13.7. The topological polar surface area (TPSA) is 169 Å². The molecule has 2 saturated heterocycles. The molecule has 0 aromatic carbocycles. The minimum absolute atomic E-state index is 0.0574. The largest absolute Gasteiger partial charge is 0.459 e. The highest BCUT2D eigenvalue weighted by atomic mass is 16.7. The minimum atomic E-state index is -2.43. The second-order valence-electron chi connectivity index (χ2n) is 14.5. The first-order chi connectivity index (χ1) is 21.0. The maximum atomic E-state index is 13.7. The fraction of sp³-hybridized carbons (Fsp3) is 0.800. The van der Waals surface area contributed by atoms with Crippen molar-refractivity contribution in [2.45, 2.75) is 135 Å². The SMILES string of the molecule is CC(=CC(C)C(O)C(C)CO)C1OC1(C)C1CCC(C)C=CC(O)CC=CC2OC(O)(C(C)C(=O)O1)C(O)C(O)C2CC(C)C. The summed E-state index contributed by atoms with van der Waals surface area (Å²) in [7, 11) is 0. The van der Waals surface area contributed by atoms with Crippen LogP contribution in [0.1, 0.15) is 81.1 Å². The highest BCUT2D eigenvalue weighted by molar-refractivity contribution is 5.73.